The van der Waals surface area contributed by atoms with E-state index >= 15 is 0 Å². The van der Waals surface area contributed by atoms with Gasteiger partial charge in [-0.05, 0) is 32.1 Å². The van der Waals surface area contributed by atoms with Gasteiger partial charge in [-0.2, -0.15) is 0 Å². The van der Waals surface area contributed by atoms with Crippen molar-refractivity contribution in [1.82, 2.24) is 9.55 Å². The fourth-order valence-corrected chi connectivity index (χ4v) is 3.23. The molecule has 0 radical (unpaired) electrons. The number of aryl methyl sites for hydroxylation is 1. The maximum absolute atomic E-state index is 9.01. The van der Waals surface area contributed by atoms with Gasteiger partial charge in [0.2, 0.25) is 0 Å². The van der Waals surface area contributed by atoms with E-state index in [-0.39, 0.29) is 6.61 Å². The number of hydrogen-bond acceptors (Lipinski definition) is 2. The SMILES string of the molecule is CCCCCCCC/C=C\CCCCCCCc1nccn1CCO. The summed E-state index contributed by atoms with van der Waals surface area (Å²) in [6.45, 7) is 3.13. The van der Waals surface area contributed by atoms with E-state index in [1.54, 1.807) is 0 Å². The molecule has 0 amide bonds. The standard InChI is InChI=1S/C22H40N2O/c1-2-3-4-5-6-7-8-9-10-11-12-13-14-15-16-17-22-23-18-19-24(22)20-21-25/h9-10,18-19,25H,2-8,11-17,20-21H2,1H3/b10-9-. The van der Waals surface area contributed by atoms with Crippen LogP contribution in [0.25, 0.3) is 0 Å². The fourth-order valence-electron chi connectivity index (χ4n) is 3.23. The van der Waals surface area contributed by atoms with E-state index in [4.69, 9.17) is 5.11 Å². The molecule has 0 aromatic carbocycles. The molecule has 0 aliphatic rings. The maximum Gasteiger partial charge on any atom is 0.108 e. The molecule has 0 aliphatic carbocycles. The topological polar surface area (TPSA) is 38.0 Å². The number of imidazole rings is 1. The Morgan fingerprint density at radius 1 is 0.880 bits per heavy atom. The summed E-state index contributed by atoms with van der Waals surface area (Å²) in [5.74, 6) is 1.12. The minimum Gasteiger partial charge on any atom is -0.395 e. The normalized spacial score (nSPS) is 11.6. The average Bonchev–Trinajstić information content (AvgIpc) is 3.06. The number of aliphatic hydroxyl groups is 1. The number of allylic oxidation sites excluding steroid dienone is 2. The monoisotopic (exact) mass is 348 g/mol. The lowest BCUT2D eigenvalue weighted by molar-refractivity contribution is 0.274. The third-order valence-corrected chi connectivity index (χ3v) is 4.80. The first-order chi connectivity index (χ1) is 12.4. The fraction of sp³-hybridized carbons (Fsp3) is 0.773. The zero-order valence-electron chi connectivity index (χ0n) is 16.5. The molecule has 144 valence electrons. The molecule has 0 bridgehead atoms. The number of nitrogens with zero attached hydrogens (tertiary/aromatic N) is 2. The molecular weight excluding hydrogens is 308 g/mol. The Morgan fingerprint density at radius 3 is 2.12 bits per heavy atom. The summed E-state index contributed by atoms with van der Waals surface area (Å²) < 4.78 is 2.06. The molecule has 0 atom stereocenters. The molecule has 1 N–H and O–H groups in total. The smallest absolute Gasteiger partial charge is 0.108 e. The van der Waals surface area contributed by atoms with E-state index in [0.717, 1.165) is 12.2 Å². The van der Waals surface area contributed by atoms with E-state index in [1.807, 2.05) is 12.4 Å². The molecule has 0 aliphatic heterocycles. The van der Waals surface area contributed by atoms with E-state index in [0.29, 0.717) is 6.54 Å². The van der Waals surface area contributed by atoms with Gasteiger partial charge in [-0.3, -0.25) is 0 Å². The van der Waals surface area contributed by atoms with Crippen molar-refractivity contribution in [2.75, 3.05) is 6.61 Å². The largest absolute Gasteiger partial charge is 0.395 e. The Kier molecular flexibility index (Phi) is 14.4. The van der Waals surface area contributed by atoms with Crippen LogP contribution < -0.4 is 0 Å². The minimum absolute atomic E-state index is 0.190. The van der Waals surface area contributed by atoms with Gasteiger partial charge in [-0.15, -0.1) is 0 Å². The summed E-state index contributed by atoms with van der Waals surface area (Å²) in [4.78, 5) is 4.38. The summed E-state index contributed by atoms with van der Waals surface area (Å²) in [6, 6.07) is 0. The summed E-state index contributed by atoms with van der Waals surface area (Å²) in [7, 11) is 0. The van der Waals surface area contributed by atoms with Crippen molar-refractivity contribution in [3.63, 3.8) is 0 Å². The highest BCUT2D eigenvalue weighted by atomic mass is 16.3. The molecule has 0 unspecified atom stereocenters. The third kappa shape index (κ3) is 12.0. The van der Waals surface area contributed by atoms with Gasteiger partial charge < -0.3 is 9.67 Å². The average molecular weight is 349 g/mol. The predicted molar refractivity (Wildman–Crippen MR) is 108 cm³/mol. The predicted octanol–water partition coefficient (Wildman–Crippen LogP) is 6.07. The lowest BCUT2D eigenvalue weighted by Gasteiger charge is -2.05. The van der Waals surface area contributed by atoms with Crippen molar-refractivity contribution >= 4 is 0 Å². The quantitative estimate of drug-likeness (QED) is 0.274. The Labute approximate surface area is 155 Å². The first kappa shape index (κ1) is 22.0. The Morgan fingerprint density at radius 2 is 1.48 bits per heavy atom. The third-order valence-electron chi connectivity index (χ3n) is 4.80. The Balaban J connectivity index is 1.85. The summed E-state index contributed by atoms with van der Waals surface area (Å²) >= 11 is 0. The van der Waals surface area contributed by atoms with Crippen LogP contribution in [-0.4, -0.2) is 21.3 Å². The number of rotatable bonds is 17. The highest BCUT2D eigenvalue weighted by Crippen LogP contribution is 2.11. The summed E-state index contributed by atoms with van der Waals surface area (Å²) in [5, 5.41) is 9.01. The number of hydrogen-bond donors (Lipinski definition) is 1. The summed E-state index contributed by atoms with van der Waals surface area (Å²) in [5.41, 5.74) is 0. The van der Waals surface area contributed by atoms with E-state index in [1.165, 1.54) is 83.5 Å². The van der Waals surface area contributed by atoms with E-state index in [2.05, 4.69) is 28.6 Å². The molecule has 25 heavy (non-hydrogen) atoms. The van der Waals surface area contributed by atoms with Gasteiger partial charge in [-0.25, -0.2) is 4.98 Å². The van der Waals surface area contributed by atoms with E-state index in [9.17, 15) is 0 Å². The van der Waals surface area contributed by atoms with Gasteiger partial charge in [0.05, 0.1) is 6.61 Å². The second kappa shape index (κ2) is 16.4. The summed E-state index contributed by atoms with van der Waals surface area (Å²) in [6.07, 6.45) is 27.0. The van der Waals surface area contributed by atoms with Crippen LogP contribution in [0.5, 0.6) is 0 Å². The van der Waals surface area contributed by atoms with Crippen molar-refractivity contribution in [2.24, 2.45) is 0 Å². The van der Waals surface area contributed by atoms with Crippen LogP contribution in [-0.2, 0) is 13.0 Å². The van der Waals surface area contributed by atoms with E-state index < -0.39 is 0 Å². The second-order valence-corrected chi connectivity index (χ2v) is 7.09. The van der Waals surface area contributed by atoms with Gasteiger partial charge in [0.15, 0.2) is 0 Å². The second-order valence-electron chi connectivity index (χ2n) is 7.09. The van der Waals surface area contributed by atoms with Crippen LogP contribution in [0.1, 0.15) is 96.2 Å². The first-order valence-corrected chi connectivity index (χ1v) is 10.6. The molecule has 1 heterocycles. The zero-order chi connectivity index (χ0) is 18.0. The molecule has 0 spiro atoms. The Bertz CT molecular complexity index is 425. The molecule has 0 fully saturated rings. The molecule has 3 nitrogen and oxygen atoms in total. The first-order valence-electron chi connectivity index (χ1n) is 10.6. The molecule has 3 heteroatoms. The van der Waals surface area contributed by atoms with Crippen molar-refractivity contribution in [3.05, 3.63) is 30.4 Å². The van der Waals surface area contributed by atoms with Crippen molar-refractivity contribution < 1.29 is 5.11 Å². The van der Waals surface area contributed by atoms with Crippen LogP contribution in [0.3, 0.4) is 0 Å². The van der Waals surface area contributed by atoms with Crippen molar-refractivity contribution in [2.45, 2.75) is 103 Å². The van der Waals surface area contributed by atoms with Gasteiger partial charge >= 0.3 is 0 Å². The molecule has 1 aromatic rings. The lowest BCUT2D eigenvalue weighted by Crippen LogP contribution is -2.06. The van der Waals surface area contributed by atoms with Crippen molar-refractivity contribution in [1.29, 1.82) is 0 Å². The number of aromatic nitrogens is 2. The van der Waals surface area contributed by atoms with Gasteiger partial charge in [0, 0.05) is 25.4 Å². The van der Waals surface area contributed by atoms with Crippen LogP contribution >= 0.6 is 0 Å². The lowest BCUT2D eigenvalue weighted by atomic mass is 10.1. The molecule has 1 aromatic heterocycles. The van der Waals surface area contributed by atoms with Crippen LogP contribution in [0.15, 0.2) is 24.5 Å². The highest BCUT2D eigenvalue weighted by Gasteiger charge is 2.01. The van der Waals surface area contributed by atoms with Crippen LogP contribution in [0.2, 0.25) is 0 Å². The molecule has 1 rings (SSSR count). The maximum atomic E-state index is 9.01. The molecule has 0 saturated heterocycles. The van der Waals surface area contributed by atoms with Crippen molar-refractivity contribution in [3.8, 4) is 0 Å². The van der Waals surface area contributed by atoms with Gasteiger partial charge in [-0.1, -0.05) is 70.4 Å². The van der Waals surface area contributed by atoms with Crippen LogP contribution in [0.4, 0.5) is 0 Å². The number of aliphatic hydroxyl groups excluding tert-OH is 1. The minimum atomic E-state index is 0.190. The Hall–Kier alpha value is -1.09. The van der Waals surface area contributed by atoms with Gasteiger partial charge in [0.25, 0.3) is 0 Å². The van der Waals surface area contributed by atoms with Crippen LogP contribution in [0, 0.1) is 0 Å². The number of unbranched alkanes of at least 4 members (excludes halogenated alkanes) is 11. The van der Waals surface area contributed by atoms with Gasteiger partial charge in [0.1, 0.15) is 5.82 Å². The highest BCUT2D eigenvalue weighted by molar-refractivity contribution is 4.92. The molecular formula is C22H40N2O. The molecule has 0 saturated carbocycles. The zero-order valence-corrected chi connectivity index (χ0v) is 16.5.